The fraction of sp³-hybridized carbons (Fsp3) is 0.800. The molecule has 9 heteroatoms. The normalized spacial score (nSPS) is 32.7. The van der Waals surface area contributed by atoms with E-state index < -0.39 is 28.7 Å². The van der Waals surface area contributed by atoms with Gasteiger partial charge in [-0.25, -0.2) is 0 Å². The van der Waals surface area contributed by atoms with E-state index in [-0.39, 0.29) is 47.0 Å². The number of nitrogens with zero attached hydrogens (tertiary/aromatic N) is 2. The number of halogens is 1. The minimum absolute atomic E-state index is 0.00683. The van der Waals surface area contributed by atoms with Gasteiger partial charge in [-0.3, -0.25) is 14.4 Å². The Labute approximate surface area is 216 Å². The Morgan fingerprint density at radius 3 is 2.68 bits per heavy atom. The van der Waals surface area contributed by atoms with Crippen LogP contribution in [0.3, 0.4) is 0 Å². The number of carbonyl (C=O) groups is 3. The number of thioether (sulfide) groups is 1. The van der Waals surface area contributed by atoms with E-state index in [4.69, 9.17) is 4.74 Å². The van der Waals surface area contributed by atoms with Gasteiger partial charge in [-0.05, 0) is 32.1 Å². The van der Waals surface area contributed by atoms with Gasteiger partial charge in [-0.15, -0.1) is 18.3 Å². The van der Waals surface area contributed by atoms with Crippen LogP contribution < -0.4 is 0 Å². The molecule has 7 nitrogen and oxygen atoms in total. The third-order valence-corrected chi connectivity index (χ3v) is 10.5. The number of rotatable bonds is 12. The highest BCUT2D eigenvalue weighted by Crippen LogP contribution is 2.68. The molecule has 0 radical (unpaired) electrons. The van der Waals surface area contributed by atoms with Crippen molar-refractivity contribution in [2.24, 2.45) is 17.8 Å². The van der Waals surface area contributed by atoms with Crippen molar-refractivity contribution < 1.29 is 24.2 Å². The van der Waals surface area contributed by atoms with Gasteiger partial charge in [0.25, 0.3) is 0 Å². The summed E-state index contributed by atoms with van der Waals surface area (Å²) in [4.78, 5) is 44.8. The number of aliphatic hydroxyl groups excluding tert-OH is 1. The van der Waals surface area contributed by atoms with Crippen LogP contribution >= 0.6 is 27.7 Å². The average molecular weight is 560 g/mol. The van der Waals surface area contributed by atoms with E-state index in [1.165, 1.54) is 0 Å². The van der Waals surface area contributed by atoms with Crippen molar-refractivity contribution in [3.05, 3.63) is 12.7 Å². The molecule has 0 aromatic heterocycles. The lowest BCUT2D eigenvalue weighted by atomic mass is 9.71. The summed E-state index contributed by atoms with van der Waals surface area (Å²) in [7, 11) is 0. The number of hydrogen-bond acceptors (Lipinski definition) is 6. The minimum Gasteiger partial charge on any atom is -0.466 e. The van der Waals surface area contributed by atoms with Crippen molar-refractivity contribution in [2.45, 2.75) is 80.3 Å². The molecule has 1 N–H and O–H groups in total. The third-order valence-electron chi connectivity index (χ3n) is 7.31. The number of unbranched alkanes of at least 4 members (excludes halogenated alkanes) is 1. The Morgan fingerprint density at radius 1 is 1.41 bits per heavy atom. The minimum atomic E-state index is -0.729. The van der Waals surface area contributed by atoms with Crippen LogP contribution in [-0.2, 0) is 19.1 Å². The molecule has 0 aliphatic carbocycles. The molecular weight excluding hydrogens is 520 g/mol. The predicted octanol–water partition coefficient (Wildman–Crippen LogP) is 3.24. The predicted molar refractivity (Wildman–Crippen MR) is 138 cm³/mol. The Balaban J connectivity index is 2.10. The van der Waals surface area contributed by atoms with E-state index in [1.807, 2.05) is 13.8 Å². The summed E-state index contributed by atoms with van der Waals surface area (Å²) in [5.74, 6) is -1.66. The van der Waals surface area contributed by atoms with Crippen molar-refractivity contribution in [3.63, 3.8) is 0 Å². The van der Waals surface area contributed by atoms with Gasteiger partial charge in [0.15, 0.2) is 0 Å². The van der Waals surface area contributed by atoms with Crippen molar-refractivity contribution in [1.29, 1.82) is 0 Å². The van der Waals surface area contributed by atoms with Crippen LogP contribution in [-0.4, -0.2) is 85.9 Å². The molecule has 3 rings (SSSR count). The lowest BCUT2D eigenvalue weighted by Crippen LogP contribution is -2.58. The molecule has 3 heterocycles. The summed E-state index contributed by atoms with van der Waals surface area (Å²) in [6.07, 6.45) is 4.72. The maximum atomic E-state index is 14.2. The van der Waals surface area contributed by atoms with Gasteiger partial charge in [0, 0.05) is 23.2 Å². The first-order chi connectivity index (χ1) is 16.2. The summed E-state index contributed by atoms with van der Waals surface area (Å²) >= 11 is 5.36. The SMILES string of the molecule is C=CCN(CCCC)C(=O)C1N([C@@H](CO)CC(C)C)C(=O)[C@@H]2[C@@H](C(=O)OCC)[C@@H]3SC12CC3Br. The number of carbonyl (C=O) groups excluding carboxylic acids is 3. The van der Waals surface area contributed by atoms with Gasteiger partial charge in [0.2, 0.25) is 11.8 Å². The van der Waals surface area contributed by atoms with Crippen molar-refractivity contribution in [1.82, 2.24) is 9.80 Å². The first kappa shape index (κ1) is 27.5. The van der Waals surface area contributed by atoms with E-state index in [0.717, 1.165) is 12.8 Å². The highest BCUT2D eigenvalue weighted by atomic mass is 79.9. The standard InChI is InChI=1S/C25H39BrN2O5S/c1-6-9-11-27(10-7-2)23(31)21-25-13-17(26)20(34-25)18(24(32)33-8-3)19(25)22(30)28(21)16(14-29)12-15(4)5/h7,15-21,29H,2,6,8-14H2,1,3-5H3/t16-,17?,18-,19+,20-,21?,25?/m1/s1. The molecule has 0 saturated carbocycles. The van der Waals surface area contributed by atoms with E-state index >= 15 is 0 Å². The highest BCUT2D eigenvalue weighted by Gasteiger charge is 2.76. The molecule has 34 heavy (non-hydrogen) atoms. The summed E-state index contributed by atoms with van der Waals surface area (Å²) in [5.41, 5.74) is 0. The fourth-order valence-electron chi connectivity index (χ4n) is 6.04. The van der Waals surface area contributed by atoms with Crippen LogP contribution in [0.1, 0.15) is 53.4 Å². The van der Waals surface area contributed by atoms with E-state index in [1.54, 1.807) is 34.6 Å². The zero-order valence-electron chi connectivity index (χ0n) is 20.7. The molecule has 3 fully saturated rings. The Bertz CT molecular complexity index is 795. The second-order valence-corrected chi connectivity index (χ2v) is 12.8. The molecule has 3 unspecified atom stereocenters. The second kappa shape index (κ2) is 11.3. The Morgan fingerprint density at radius 2 is 2.12 bits per heavy atom. The van der Waals surface area contributed by atoms with Gasteiger partial charge < -0.3 is 19.6 Å². The maximum absolute atomic E-state index is 14.2. The maximum Gasteiger partial charge on any atom is 0.310 e. The lowest BCUT2D eigenvalue weighted by molar-refractivity contribution is -0.154. The number of alkyl halides is 1. The molecular formula is C25H39BrN2O5S. The molecule has 0 aromatic carbocycles. The van der Waals surface area contributed by atoms with E-state index in [2.05, 4.69) is 29.4 Å². The molecule has 1 spiro atoms. The number of likely N-dealkylation sites (tertiary alicyclic amines) is 1. The first-order valence-electron chi connectivity index (χ1n) is 12.5. The molecule has 192 valence electrons. The largest absolute Gasteiger partial charge is 0.466 e. The van der Waals surface area contributed by atoms with Crippen molar-refractivity contribution in [3.8, 4) is 0 Å². The molecule has 2 amide bonds. The summed E-state index contributed by atoms with van der Waals surface area (Å²) in [6.45, 7) is 12.8. The van der Waals surface area contributed by atoms with Gasteiger partial charge in [-0.2, -0.15) is 0 Å². The monoisotopic (exact) mass is 558 g/mol. The first-order valence-corrected chi connectivity index (χ1v) is 14.3. The summed E-state index contributed by atoms with van der Waals surface area (Å²) in [6, 6.07) is -1.21. The van der Waals surface area contributed by atoms with E-state index in [9.17, 15) is 19.5 Å². The number of amides is 2. The topological polar surface area (TPSA) is 87.2 Å². The van der Waals surface area contributed by atoms with Gasteiger partial charge in [-0.1, -0.05) is 49.2 Å². The average Bonchev–Trinajstić information content (AvgIpc) is 3.38. The molecule has 2 bridgehead atoms. The molecule has 3 aliphatic heterocycles. The zero-order valence-corrected chi connectivity index (χ0v) is 23.1. The number of hydrogen-bond donors (Lipinski definition) is 1. The molecule has 7 atom stereocenters. The van der Waals surface area contributed by atoms with Crippen LogP contribution in [0.4, 0.5) is 0 Å². The van der Waals surface area contributed by atoms with Crippen LogP contribution in [0.5, 0.6) is 0 Å². The smallest absolute Gasteiger partial charge is 0.310 e. The fourth-order valence-corrected chi connectivity index (χ4v) is 9.62. The van der Waals surface area contributed by atoms with Crippen LogP contribution in [0.2, 0.25) is 0 Å². The molecule has 3 aliphatic rings. The number of esters is 1. The van der Waals surface area contributed by atoms with Gasteiger partial charge in [0.1, 0.15) is 6.04 Å². The van der Waals surface area contributed by atoms with Crippen molar-refractivity contribution in [2.75, 3.05) is 26.3 Å². The number of ether oxygens (including phenoxy) is 1. The van der Waals surface area contributed by atoms with Crippen LogP contribution in [0.25, 0.3) is 0 Å². The molecule has 3 saturated heterocycles. The second-order valence-electron chi connectivity index (χ2n) is 10.1. The lowest BCUT2D eigenvalue weighted by Gasteiger charge is -2.40. The Hall–Kier alpha value is -1.06. The Kier molecular flexibility index (Phi) is 9.18. The summed E-state index contributed by atoms with van der Waals surface area (Å²) in [5, 5.41) is 10.2. The van der Waals surface area contributed by atoms with Crippen LogP contribution in [0, 0.1) is 17.8 Å². The third kappa shape index (κ3) is 4.69. The van der Waals surface area contributed by atoms with Gasteiger partial charge >= 0.3 is 5.97 Å². The number of aliphatic hydroxyl groups is 1. The van der Waals surface area contributed by atoms with Crippen LogP contribution in [0.15, 0.2) is 12.7 Å². The summed E-state index contributed by atoms with van der Waals surface area (Å²) < 4.78 is 4.68. The van der Waals surface area contributed by atoms with Crippen molar-refractivity contribution >= 4 is 45.5 Å². The highest BCUT2D eigenvalue weighted by molar-refractivity contribution is 9.09. The van der Waals surface area contributed by atoms with Gasteiger partial charge in [0.05, 0.1) is 35.8 Å². The quantitative estimate of drug-likeness (QED) is 0.225. The van der Waals surface area contributed by atoms with E-state index in [0.29, 0.717) is 25.9 Å². The number of fused-ring (bicyclic) bond motifs is 1. The molecule has 0 aromatic rings. The zero-order chi connectivity index (χ0) is 25.2.